The van der Waals surface area contributed by atoms with E-state index in [1.165, 1.54) is 4.90 Å². The number of morpholine rings is 1. The number of rotatable bonds is 7. The van der Waals surface area contributed by atoms with Gasteiger partial charge in [-0.1, -0.05) is 5.92 Å². The first kappa shape index (κ1) is 25.7. The molecule has 4 amide bonds. The average molecular weight is 507 g/mol. The highest BCUT2D eigenvalue weighted by molar-refractivity contribution is 6.00. The molecule has 2 aromatic carbocycles. The molecule has 37 heavy (non-hydrogen) atoms. The second-order valence-corrected chi connectivity index (χ2v) is 8.52. The van der Waals surface area contributed by atoms with Crippen molar-refractivity contribution in [2.75, 3.05) is 48.4 Å². The molecule has 11 nitrogen and oxygen atoms in total. The number of amides is 4. The van der Waals surface area contributed by atoms with Crippen LogP contribution in [0.5, 0.6) is 0 Å². The Labute approximate surface area is 213 Å². The van der Waals surface area contributed by atoms with Gasteiger partial charge in [0.25, 0.3) is 5.91 Å². The quantitative estimate of drug-likeness (QED) is 0.487. The Morgan fingerprint density at radius 2 is 1.76 bits per heavy atom. The van der Waals surface area contributed by atoms with Crippen molar-refractivity contribution in [2.24, 2.45) is 0 Å². The van der Waals surface area contributed by atoms with E-state index in [0.717, 1.165) is 0 Å². The molecule has 11 heteroatoms. The van der Waals surface area contributed by atoms with E-state index in [1.807, 2.05) is 0 Å². The lowest BCUT2D eigenvalue weighted by Gasteiger charge is -2.27. The monoisotopic (exact) mass is 506 g/mol. The van der Waals surface area contributed by atoms with Crippen molar-refractivity contribution >= 4 is 40.9 Å². The van der Waals surface area contributed by atoms with E-state index in [-0.39, 0.29) is 25.5 Å². The topological polar surface area (TPSA) is 138 Å². The van der Waals surface area contributed by atoms with E-state index < -0.39 is 36.7 Å². The Bertz CT molecular complexity index is 1210. The molecule has 2 atom stereocenters. The number of hydrogen-bond donors (Lipinski definition) is 3. The maximum Gasteiger partial charge on any atom is 0.329 e. The molecule has 2 aliphatic heterocycles. The summed E-state index contributed by atoms with van der Waals surface area (Å²) in [6.45, 7) is 0.418. The summed E-state index contributed by atoms with van der Waals surface area (Å²) in [6.07, 6.45) is 4.86. The number of urea groups is 1. The Balaban J connectivity index is 1.44. The number of carbonyl (C=O) groups is 4. The summed E-state index contributed by atoms with van der Waals surface area (Å²) in [4.78, 5) is 52.1. The lowest BCUT2D eigenvalue weighted by atomic mass is 10.1. The van der Waals surface area contributed by atoms with Gasteiger partial charge in [-0.3, -0.25) is 9.59 Å². The molecule has 0 spiro atoms. The molecule has 4 rings (SSSR count). The van der Waals surface area contributed by atoms with Crippen molar-refractivity contribution < 1.29 is 33.8 Å². The number of terminal acetylenes is 1. The van der Waals surface area contributed by atoms with Crippen LogP contribution < -0.4 is 15.5 Å². The molecule has 0 bridgehead atoms. The van der Waals surface area contributed by atoms with Gasteiger partial charge in [0, 0.05) is 42.1 Å². The molecule has 0 saturated carbocycles. The first-order valence-electron chi connectivity index (χ1n) is 11.6. The molecule has 2 aromatic rings. The van der Waals surface area contributed by atoms with Crippen LogP contribution >= 0.6 is 0 Å². The summed E-state index contributed by atoms with van der Waals surface area (Å²) in [6, 6.07) is 12.0. The number of carboxylic acid groups (broad SMARTS) is 1. The van der Waals surface area contributed by atoms with Crippen LogP contribution in [-0.4, -0.2) is 78.9 Å². The molecular formula is C26H26N4O7. The zero-order chi connectivity index (χ0) is 26.4. The number of carboxylic acids is 1. The molecule has 3 N–H and O–H groups in total. The first-order chi connectivity index (χ1) is 17.8. The van der Waals surface area contributed by atoms with Crippen molar-refractivity contribution in [3.63, 3.8) is 0 Å². The van der Waals surface area contributed by atoms with Crippen molar-refractivity contribution in [1.82, 2.24) is 4.90 Å². The lowest BCUT2D eigenvalue weighted by molar-refractivity contribution is -0.144. The number of nitrogens with one attached hydrogen (secondary N) is 2. The van der Waals surface area contributed by atoms with Gasteiger partial charge in [0.2, 0.25) is 5.91 Å². The minimum atomic E-state index is -1.14. The van der Waals surface area contributed by atoms with Crippen LogP contribution in [0.25, 0.3) is 0 Å². The van der Waals surface area contributed by atoms with E-state index in [0.29, 0.717) is 35.8 Å². The van der Waals surface area contributed by atoms with Gasteiger partial charge in [0.05, 0.1) is 12.7 Å². The maximum absolute atomic E-state index is 13.2. The number of nitrogens with zero attached hydrogens (tertiary/aromatic N) is 2. The van der Waals surface area contributed by atoms with Crippen LogP contribution in [0.2, 0.25) is 0 Å². The zero-order valence-electron chi connectivity index (χ0n) is 19.9. The second kappa shape index (κ2) is 11.6. The highest BCUT2D eigenvalue weighted by atomic mass is 16.5. The molecule has 0 radical (unpaired) electrons. The third-order valence-electron chi connectivity index (χ3n) is 6.00. The number of aliphatic carboxylic acids is 1. The van der Waals surface area contributed by atoms with Gasteiger partial charge in [-0.2, -0.15) is 0 Å². The Hall–Kier alpha value is -4.40. The molecule has 2 aliphatic rings. The summed E-state index contributed by atoms with van der Waals surface area (Å²) >= 11 is 0. The number of carbonyl (C=O) groups excluding carboxylic acids is 3. The Morgan fingerprint density at radius 1 is 1.08 bits per heavy atom. The number of hydrogen-bond acceptors (Lipinski definition) is 6. The van der Waals surface area contributed by atoms with Gasteiger partial charge in [-0.05, 0) is 48.5 Å². The average Bonchev–Trinajstić information content (AvgIpc) is 3.34. The smallest absolute Gasteiger partial charge is 0.329 e. The molecule has 2 saturated heterocycles. The normalized spacial score (nSPS) is 19.3. The highest BCUT2D eigenvalue weighted by Crippen LogP contribution is 2.25. The summed E-state index contributed by atoms with van der Waals surface area (Å²) in [5, 5.41) is 14.5. The second-order valence-electron chi connectivity index (χ2n) is 8.52. The standard InChI is InChI=1S/C26H26N4O7/c1-2-17-3-5-19(6-4-17)28-26(35)30-14-21(37-16-24(32)33)13-22(30)25(34)27-18-7-9-20(10-8-18)29-11-12-36-15-23(29)31/h1,3-10,21-22H,11-16H2,(H,27,34)(H,28,35)(H,32,33). The summed E-state index contributed by atoms with van der Waals surface area (Å²) in [5.41, 5.74) is 2.31. The van der Waals surface area contributed by atoms with Crippen LogP contribution in [0, 0.1) is 12.3 Å². The third-order valence-corrected chi connectivity index (χ3v) is 6.00. The summed E-state index contributed by atoms with van der Waals surface area (Å²) in [7, 11) is 0. The van der Waals surface area contributed by atoms with Crippen molar-refractivity contribution in [3.8, 4) is 12.3 Å². The largest absolute Gasteiger partial charge is 0.480 e. The van der Waals surface area contributed by atoms with E-state index in [4.69, 9.17) is 21.0 Å². The van der Waals surface area contributed by atoms with Gasteiger partial charge in [-0.25, -0.2) is 9.59 Å². The van der Waals surface area contributed by atoms with Gasteiger partial charge in [0.1, 0.15) is 19.3 Å². The predicted molar refractivity (Wildman–Crippen MR) is 134 cm³/mol. The first-order valence-corrected chi connectivity index (χ1v) is 11.6. The molecule has 2 fully saturated rings. The molecule has 0 aliphatic carbocycles. The number of anilines is 3. The number of benzene rings is 2. The molecule has 0 aromatic heterocycles. The van der Waals surface area contributed by atoms with E-state index >= 15 is 0 Å². The summed E-state index contributed by atoms with van der Waals surface area (Å²) in [5.74, 6) is 0.762. The van der Waals surface area contributed by atoms with Crippen molar-refractivity contribution in [3.05, 3.63) is 54.1 Å². The maximum atomic E-state index is 13.2. The number of likely N-dealkylation sites (tertiary alicyclic amines) is 1. The predicted octanol–water partition coefficient (Wildman–Crippen LogP) is 1.75. The third kappa shape index (κ3) is 6.43. The zero-order valence-corrected chi connectivity index (χ0v) is 19.9. The Kier molecular flexibility index (Phi) is 8.02. The summed E-state index contributed by atoms with van der Waals surface area (Å²) < 4.78 is 10.5. The fourth-order valence-electron chi connectivity index (χ4n) is 4.17. The number of ether oxygens (including phenoxy) is 2. The van der Waals surface area contributed by atoms with E-state index in [9.17, 15) is 19.2 Å². The SMILES string of the molecule is C#Cc1ccc(NC(=O)N2CC(OCC(=O)O)CC2C(=O)Nc2ccc(N3CCOCC3=O)cc2)cc1. The van der Waals surface area contributed by atoms with Gasteiger partial charge in [0.15, 0.2) is 0 Å². The Morgan fingerprint density at radius 3 is 2.41 bits per heavy atom. The van der Waals surface area contributed by atoms with Gasteiger partial charge in [-0.15, -0.1) is 6.42 Å². The van der Waals surface area contributed by atoms with E-state index in [2.05, 4.69) is 16.6 Å². The lowest BCUT2D eigenvalue weighted by Crippen LogP contribution is -2.45. The van der Waals surface area contributed by atoms with Crippen molar-refractivity contribution in [1.29, 1.82) is 0 Å². The van der Waals surface area contributed by atoms with Gasteiger partial charge < -0.3 is 35.0 Å². The molecular weight excluding hydrogens is 480 g/mol. The van der Waals surface area contributed by atoms with Gasteiger partial charge >= 0.3 is 12.0 Å². The minimum absolute atomic E-state index is 0.0250. The van der Waals surface area contributed by atoms with Crippen LogP contribution in [0.3, 0.4) is 0 Å². The minimum Gasteiger partial charge on any atom is -0.480 e. The molecule has 2 unspecified atom stereocenters. The fourth-order valence-corrected chi connectivity index (χ4v) is 4.17. The highest BCUT2D eigenvalue weighted by Gasteiger charge is 2.40. The van der Waals surface area contributed by atoms with Crippen LogP contribution in [0.4, 0.5) is 21.9 Å². The van der Waals surface area contributed by atoms with Crippen LogP contribution in [0.15, 0.2) is 48.5 Å². The van der Waals surface area contributed by atoms with E-state index in [1.54, 1.807) is 53.4 Å². The molecule has 2 heterocycles. The fraction of sp³-hybridized carbons (Fsp3) is 0.308. The van der Waals surface area contributed by atoms with Crippen molar-refractivity contribution in [2.45, 2.75) is 18.6 Å². The van der Waals surface area contributed by atoms with Crippen LogP contribution in [-0.2, 0) is 23.9 Å². The molecule has 192 valence electrons. The van der Waals surface area contributed by atoms with Crippen LogP contribution in [0.1, 0.15) is 12.0 Å².